The van der Waals surface area contributed by atoms with E-state index in [2.05, 4.69) is 41.5 Å². The minimum absolute atomic E-state index is 0.885. The Labute approximate surface area is 96.8 Å². The lowest BCUT2D eigenvalue weighted by Crippen LogP contribution is -2.27. The van der Waals surface area contributed by atoms with Gasteiger partial charge in [-0.15, -0.1) is 0 Å². The van der Waals surface area contributed by atoms with Crippen LogP contribution in [0.15, 0.2) is 0 Å². The van der Waals surface area contributed by atoms with Crippen LogP contribution in [0.5, 0.6) is 0 Å². The van der Waals surface area contributed by atoms with Crippen LogP contribution in [-0.2, 0) is 0 Å². The Morgan fingerprint density at radius 3 is 1.20 bits per heavy atom. The monoisotopic (exact) mass is 210 g/mol. The van der Waals surface area contributed by atoms with Crippen molar-refractivity contribution in [3.63, 3.8) is 0 Å². The Hall–Kier alpha value is 0. The Morgan fingerprint density at radius 2 is 0.867 bits per heavy atom. The molecular weight excluding hydrogens is 180 g/mol. The van der Waals surface area contributed by atoms with Crippen molar-refractivity contribution in [1.82, 2.24) is 0 Å². The third-order valence-corrected chi connectivity index (χ3v) is 5.60. The molecule has 0 heterocycles. The van der Waals surface area contributed by atoms with Crippen LogP contribution in [0.4, 0.5) is 0 Å². The molecule has 0 amide bonds. The first-order valence-corrected chi connectivity index (χ1v) is 6.95. The van der Waals surface area contributed by atoms with Crippen LogP contribution in [0, 0.1) is 35.5 Å². The van der Waals surface area contributed by atoms with Gasteiger partial charge in [-0.05, 0) is 35.5 Å². The highest BCUT2D eigenvalue weighted by Gasteiger charge is 2.30. The van der Waals surface area contributed by atoms with Gasteiger partial charge in [0.05, 0.1) is 0 Å². The van der Waals surface area contributed by atoms with Crippen LogP contribution < -0.4 is 0 Å². The van der Waals surface area contributed by atoms with Gasteiger partial charge in [0.2, 0.25) is 0 Å². The van der Waals surface area contributed by atoms with Gasteiger partial charge in [-0.25, -0.2) is 0 Å². The highest BCUT2D eigenvalue weighted by Crippen LogP contribution is 2.39. The van der Waals surface area contributed by atoms with Gasteiger partial charge in [-0.2, -0.15) is 0 Å². The lowest BCUT2D eigenvalue weighted by molar-refractivity contribution is 0.150. The van der Waals surface area contributed by atoms with E-state index in [0.717, 1.165) is 35.5 Å². The Bertz CT molecular complexity index is 164. The fourth-order valence-electron chi connectivity index (χ4n) is 3.28. The van der Waals surface area contributed by atoms with Crippen LogP contribution in [-0.4, -0.2) is 0 Å². The van der Waals surface area contributed by atoms with Gasteiger partial charge in [0, 0.05) is 0 Å². The molecular formula is C15H30. The smallest absolute Gasteiger partial charge is 0.0386 e. The Balaban J connectivity index is 2.77. The van der Waals surface area contributed by atoms with E-state index in [1.165, 1.54) is 19.3 Å². The average molecular weight is 210 g/mol. The van der Waals surface area contributed by atoms with Crippen molar-refractivity contribution in [1.29, 1.82) is 0 Å². The van der Waals surface area contributed by atoms with Gasteiger partial charge in [-0.1, -0.05) is 60.8 Å². The molecule has 0 bridgehead atoms. The van der Waals surface area contributed by atoms with Gasteiger partial charge in [-0.3, -0.25) is 0 Å². The molecule has 90 valence electrons. The van der Waals surface area contributed by atoms with Crippen molar-refractivity contribution >= 4 is 0 Å². The second kappa shape index (κ2) is 5.37. The van der Waals surface area contributed by atoms with E-state index < -0.39 is 0 Å². The van der Waals surface area contributed by atoms with Gasteiger partial charge in [0.15, 0.2) is 0 Å². The maximum atomic E-state index is 2.47. The van der Waals surface area contributed by atoms with Crippen LogP contribution in [0.25, 0.3) is 0 Å². The summed E-state index contributed by atoms with van der Waals surface area (Å²) in [5, 5.41) is 0. The van der Waals surface area contributed by atoms with E-state index in [4.69, 9.17) is 0 Å². The van der Waals surface area contributed by atoms with E-state index >= 15 is 0 Å². The third kappa shape index (κ3) is 2.98. The van der Waals surface area contributed by atoms with E-state index in [1.807, 2.05) is 0 Å². The summed E-state index contributed by atoms with van der Waals surface area (Å²) in [5.74, 6) is 5.39. The SMILES string of the molecule is CC1CCCC(C)C(C)C(C)C(C)C1C. The van der Waals surface area contributed by atoms with E-state index in [9.17, 15) is 0 Å². The average Bonchev–Trinajstić information content (AvgIpc) is 2.25. The summed E-state index contributed by atoms with van der Waals surface area (Å²) in [6.45, 7) is 14.8. The van der Waals surface area contributed by atoms with Crippen molar-refractivity contribution in [3.05, 3.63) is 0 Å². The molecule has 0 aromatic rings. The van der Waals surface area contributed by atoms with Gasteiger partial charge in [0.25, 0.3) is 0 Å². The van der Waals surface area contributed by atoms with Crippen molar-refractivity contribution in [2.24, 2.45) is 35.5 Å². The van der Waals surface area contributed by atoms with Gasteiger partial charge >= 0.3 is 0 Å². The standard InChI is InChI=1S/C15H30/c1-10-8-7-9-11(2)13(4)15(6)14(5)12(10)3/h10-15H,7-9H2,1-6H3. The maximum absolute atomic E-state index is 2.47. The maximum Gasteiger partial charge on any atom is -0.0386 e. The molecule has 1 aliphatic rings. The molecule has 0 aromatic heterocycles. The molecule has 6 atom stereocenters. The fraction of sp³-hybridized carbons (Fsp3) is 1.00. The Morgan fingerprint density at radius 1 is 0.533 bits per heavy atom. The molecule has 1 saturated carbocycles. The van der Waals surface area contributed by atoms with Crippen molar-refractivity contribution in [2.75, 3.05) is 0 Å². The summed E-state index contributed by atoms with van der Waals surface area (Å²) in [5.41, 5.74) is 0. The molecule has 0 heteroatoms. The van der Waals surface area contributed by atoms with Crippen LogP contribution in [0.3, 0.4) is 0 Å². The molecule has 0 radical (unpaired) electrons. The summed E-state index contributed by atoms with van der Waals surface area (Å²) in [6, 6.07) is 0. The molecule has 1 fully saturated rings. The molecule has 0 aromatic carbocycles. The van der Waals surface area contributed by atoms with Crippen LogP contribution >= 0.6 is 0 Å². The van der Waals surface area contributed by atoms with E-state index in [1.54, 1.807) is 0 Å². The summed E-state index contributed by atoms with van der Waals surface area (Å²) in [6.07, 6.45) is 4.32. The zero-order valence-corrected chi connectivity index (χ0v) is 11.6. The molecule has 0 saturated heterocycles. The lowest BCUT2D eigenvalue weighted by atomic mass is 9.72. The molecule has 0 nitrogen and oxygen atoms in total. The first kappa shape index (κ1) is 13.1. The van der Waals surface area contributed by atoms with Crippen molar-refractivity contribution in [3.8, 4) is 0 Å². The minimum atomic E-state index is 0.885. The number of hydrogen-bond acceptors (Lipinski definition) is 0. The fourth-order valence-corrected chi connectivity index (χ4v) is 3.28. The number of hydrogen-bond donors (Lipinski definition) is 0. The molecule has 0 N–H and O–H groups in total. The molecule has 1 aliphatic carbocycles. The van der Waals surface area contributed by atoms with E-state index in [-0.39, 0.29) is 0 Å². The minimum Gasteiger partial charge on any atom is -0.0622 e. The molecule has 0 spiro atoms. The van der Waals surface area contributed by atoms with Crippen LogP contribution in [0.1, 0.15) is 60.8 Å². The summed E-state index contributed by atoms with van der Waals surface area (Å²) in [7, 11) is 0. The predicted molar refractivity (Wildman–Crippen MR) is 68.8 cm³/mol. The molecule has 1 rings (SSSR count). The highest BCUT2D eigenvalue weighted by atomic mass is 14.4. The summed E-state index contributed by atoms with van der Waals surface area (Å²) < 4.78 is 0. The lowest BCUT2D eigenvalue weighted by Gasteiger charge is -2.34. The Kier molecular flexibility index (Phi) is 4.67. The van der Waals surface area contributed by atoms with Gasteiger partial charge in [0.1, 0.15) is 0 Å². The normalized spacial score (nSPS) is 49.2. The first-order chi connectivity index (χ1) is 6.95. The third-order valence-electron chi connectivity index (χ3n) is 5.60. The van der Waals surface area contributed by atoms with Crippen molar-refractivity contribution in [2.45, 2.75) is 60.8 Å². The molecule has 15 heavy (non-hydrogen) atoms. The van der Waals surface area contributed by atoms with Crippen molar-refractivity contribution < 1.29 is 0 Å². The molecule has 6 unspecified atom stereocenters. The first-order valence-electron chi connectivity index (χ1n) is 6.95. The quantitative estimate of drug-likeness (QED) is 0.528. The largest absolute Gasteiger partial charge is 0.0622 e. The summed E-state index contributed by atoms with van der Waals surface area (Å²) >= 11 is 0. The summed E-state index contributed by atoms with van der Waals surface area (Å²) in [4.78, 5) is 0. The second-order valence-corrected chi connectivity index (χ2v) is 6.32. The van der Waals surface area contributed by atoms with Gasteiger partial charge < -0.3 is 0 Å². The highest BCUT2D eigenvalue weighted by molar-refractivity contribution is 4.80. The topological polar surface area (TPSA) is 0 Å². The van der Waals surface area contributed by atoms with Crippen LogP contribution in [0.2, 0.25) is 0 Å². The molecule has 0 aliphatic heterocycles. The zero-order chi connectivity index (χ0) is 11.6. The number of rotatable bonds is 0. The van der Waals surface area contributed by atoms with E-state index in [0.29, 0.717) is 0 Å². The zero-order valence-electron chi connectivity index (χ0n) is 11.6. The predicted octanol–water partition coefficient (Wildman–Crippen LogP) is 4.99. The second-order valence-electron chi connectivity index (χ2n) is 6.32.